The number of carbonyl (C=O) groups is 1. The molecule has 3 nitrogen and oxygen atoms in total. The molecule has 0 aromatic carbocycles. The fraction of sp³-hybridized carbons (Fsp3) is 0.941. The number of hydrogen-bond donors (Lipinski definition) is 1. The average molecular weight is 285 g/mol. The molecular formula is C17H35NO2. The van der Waals surface area contributed by atoms with Crippen LogP contribution < -0.4 is 5.73 Å². The van der Waals surface area contributed by atoms with Crippen LogP contribution in [0.3, 0.4) is 0 Å². The predicted octanol–water partition coefficient (Wildman–Crippen LogP) is 4.23. The number of nitrogens with two attached hydrogens (primary N) is 1. The van der Waals surface area contributed by atoms with E-state index in [4.69, 9.17) is 10.5 Å². The van der Waals surface area contributed by atoms with Crippen LogP contribution in [0.4, 0.5) is 0 Å². The van der Waals surface area contributed by atoms with Crippen molar-refractivity contribution < 1.29 is 9.53 Å². The van der Waals surface area contributed by atoms with E-state index in [1.165, 1.54) is 64.7 Å². The van der Waals surface area contributed by atoms with Crippen LogP contribution in [0.5, 0.6) is 0 Å². The maximum atomic E-state index is 10.9. The van der Waals surface area contributed by atoms with Crippen LogP contribution in [0.25, 0.3) is 0 Å². The van der Waals surface area contributed by atoms with Crippen molar-refractivity contribution in [3.8, 4) is 0 Å². The van der Waals surface area contributed by atoms with E-state index in [1.807, 2.05) is 0 Å². The zero-order valence-corrected chi connectivity index (χ0v) is 13.7. The summed E-state index contributed by atoms with van der Waals surface area (Å²) >= 11 is 0. The van der Waals surface area contributed by atoms with Gasteiger partial charge in [-0.3, -0.25) is 4.79 Å². The van der Waals surface area contributed by atoms with Gasteiger partial charge in [0.25, 0.3) is 0 Å². The molecule has 0 aliphatic rings. The summed E-state index contributed by atoms with van der Waals surface area (Å²) in [7, 11) is 0. The Balaban J connectivity index is 3.04. The van der Waals surface area contributed by atoms with E-state index >= 15 is 0 Å². The maximum Gasteiger partial charge on any atom is 0.146 e. The summed E-state index contributed by atoms with van der Waals surface area (Å²) in [6.07, 6.45) is 14.1. The molecule has 0 heterocycles. The van der Waals surface area contributed by atoms with Crippen LogP contribution in [0, 0.1) is 0 Å². The largest absolute Gasteiger partial charge is 0.381 e. The Morgan fingerprint density at radius 3 is 1.90 bits per heavy atom. The zero-order chi connectivity index (χ0) is 15.1. The topological polar surface area (TPSA) is 52.3 Å². The zero-order valence-electron chi connectivity index (χ0n) is 13.7. The van der Waals surface area contributed by atoms with Crippen molar-refractivity contribution in [2.24, 2.45) is 5.73 Å². The first-order valence-electron chi connectivity index (χ1n) is 8.52. The van der Waals surface area contributed by atoms with Crippen molar-refractivity contribution >= 4 is 5.78 Å². The molecule has 0 saturated carbocycles. The van der Waals surface area contributed by atoms with E-state index in [-0.39, 0.29) is 11.8 Å². The first kappa shape index (κ1) is 19.6. The number of carbonyl (C=O) groups excluding carboxylic acids is 1. The molecule has 0 aliphatic heterocycles. The summed E-state index contributed by atoms with van der Waals surface area (Å²) in [4.78, 5) is 10.9. The van der Waals surface area contributed by atoms with Gasteiger partial charge in [-0.05, 0) is 19.8 Å². The van der Waals surface area contributed by atoms with Crippen LogP contribution in [-0.2, 0) is 9.53 Å². The molecule has 0 aliphatic carbocycles. The fourth-order valence-electron chi connectivity index (χ4n) is 2.21. The highest BCUT2D eigenvalue weighted by atomic mass is 16.5. The monoisotopic (exact) mass is 285 g/mol. The van der Waals surface area contributed by atoms with Crippen LogP contribution in [0.2, 0.25) is 0 Å². The highest BCUT2D eigenvalue weighted by molar-refractivity contribution is 5.81. The Bertz CT molecular complexity index is 219. The minimum Gasteiger partial charge on any atom is -0.381 e. The summed E-state index contributed by atoms with van der Waals surface area (Å²) in [6, 6.07) is -0.345. The molecule has 0 bridgehead atoms. The Kier molecular flexibility index (Phi) is 14.7. The molecule has 3 heteroatoms. The molecule has 0 rings (SSSR count). The fourth-order valence-corrected chi connectivity index (χ4v) is 2.21. The Morgan fingerprint density at radius 1 is 0.900 bits per heavy atom. The number of ether oxygens (including phenoxy) is 1. The summed E-state index contributed by atoms with van der Waals surface area (Å²) in [5.74, 6) is 0.0486. The summed E-state index contributed by atoms with van der Waals surface area (Å²) < 4.78 is 5.49. The minimum absolute atomic E-state index is 0.0486. The highest BCUT2D eigenvalue weighted by Gasteiger charge is 2.06. The molecule has 120 valence electrons. The molecular weight excluding hydrogens is 250 g/mol. The number of rotatable bonds is 15. The molecule has 0 amide bonds. The number of unbranched alkanes of at least 4 members (excludes halogenated alkanes) is 9. The smallest absolute Gasteiger partial charge is 0.146 e. The van der Waals surface area contributed by atoms with E-state index in [9.17, 15) is 4.79 Å². The first-order valence-corrected chi connectivity index (χ1v) is 8.52. The second-order valence-corrected chi connectivity index (χ2v) is 5.80. The van der Waals surface area contributed by atoms with Gasteiger partial charge in [0, 0.05) is 13.2 Å². The molecule has 1 atom stereocenters. The van der Waals surface area contributed by atoms with Gasteiger partial charge >= 0.3 is 0 Å². The summed E-state index contributed by atoms with van der Waals surface area (Å²) in [5, 5.41) is 0. The van der Waals surface area contributed by atoms with Gasteiger partial charge in [-0.2, -0.15) is 0 Å². The number of ketones is 1. The Morgan fingerprint density at radius 2 is 1.40 bits per heavy atom. The summed E-state index contributed by atoms with van der Waals surface area (Å²) in [6.45, 7) is 5.21. The maximum absolute atomic E-state index is 10.9. The van der Waals surface area contributed by atoms with E-state index in [1.54, 1.807) is 0 Å². The van der Waals surface area contributed by atoms with Gasteiger partial charge in [-0.15, -0.1) is 0 Å². The lowest BCUT2D eigenvalue weighted by Crippen LogP contribution is -2.29. The van der Waals surface area contributed by atoms with Gasteiger partial charge in [0.05, 0.1) is 6.04 Å². The van der Waals surface area contributed by atoms with Crippen LogP contribution in [0.1, 0.15) is 84.5 Å². The van der Waals surface area contributed by atoms with Crippen molar-refractivity contribution in [3.05, 3.63) is 0 Å². The molecule has 0 aromatic rings. The third-order valence-corrected chi connectivity index (χ3v) is 3.74. The van der Waals surface area contributed by atoms with Crippen molar-refractivity contribution in [2.45, 2.75) is 90.5 Å². The third-order valence-electron chi connectivity index (χ3n) is 3.74. The minimum atomic E-state index is -0.345. The van der Waals surface area contributed by atoms with Crippen LogP contribution in [-0.4, -0.2) is 25.0 Å². The molecule has 2 N–H and O–H groups in total. The van der Waals surface area contributed by atoms with Gasteiger partial charge in [0.15, 0.2) is 0 Å². The first-order chi connectivity index (χ1) is 9.68. The van der Waals surface area contributed by atoms with Crippen molar-refractivity contribution in [1.82, 2.24) is 0 Å². The Labute approximate surface area is 125 Å². The second-order valence-electron chi connectivity index (χ2n) is 5.80. The molecule has 1 unspecified atom stereocenters. The van der Waals surface area contributed by atoms with Gasteiger partial charge in [0.1, 0.15) is 5.78 Å². The van der Waals surface area contributed by atoms with Crippen molar-refractivity contribution in [1.29, 1.82) is 0 Å². The molecule has 0 aromatic heterocycles. The standard InChI is InChI=1S/C17H35NO2/c1-3-4-5-6-7-8-9-10-11-12-14-20-15-13-17(18)16(2)19/h17H,3-15,18H2,1-2H3. The molecule has 0 fully saturated rings. The highest BCUT2D eigenvalue weighted by Crippen LogP contribution is 2.10. The average Bonchev–Trinajstić information content (AvgIpc) is 2.43. The SMILES string of the molecule is CCCCCCCCCCCCOCCC(N)C(C)=O. The molecule has 0 saturated heterocycles. The Hall–Kier alpha value is -0.410. The van der Waals surface area contributed by atoms with Crippen molar-refractivity contribution in [3.63, 3.8) is 0 Å². The summed E-state index contributed by atoms with van der Waals surface area (Å²) in [5.41, 5.74) is 5.63. The molecule has 20 heavy (non-hydrogen) atoms. The lowest BCUT2D eigenvalue weighted by atomic mass is 10.1. The van der Waals surface area contributed by atoms with Crippen LogP contribution in [0.15, 0.2) is 0 Å². The predicted molar refractivity (Wildman–Crippen MR) is 85.9 cm³/mol. The van der Waals surface area contributed by atoms with E-state index in [0.29, 0.717) is 13.0 Å². The number of hydrogen-bond acceptors (Lipinski definition) is 3. The number of Topliss-reactive ketones (excluding diaryl/α,β-unsaturated/α-hetero) is 1. The normalized spacial score (nSPS) is 12.6. The van der Waals surface area contributed by atoms with E-state index < -0.39 is 0 Å². The third kappa shape index (κ3) is 14.0. The van der Waals surface area contributed by atoms with Gasteiger partial charge < -0.3 is 10.5 Å². The van der Waals surface area contributed by atoms with Gasteiger partial charge in [-0.1, -0.05) is 64.7 Å². The van der Waals surface area contributed by atoms with Gasteiger partial charge in [0.2, 0.25) is 0 Å². The lowest BCUT2D eigenvalue weighted by Gasteiger charge is -2.08. The van der Waals surface area contributed by atoms with E-state index in [2.05, 4.69) is 6.92 Å². The van der Waals surface area contributed by atoms with Crippen molar-refractivity contribution in [2.75, 3.05) is 13.2 Å². The van der Waals surface area contributed by atoms with Gasteiger partial charge in [-0.25, -0.2) is 0 Å². The molecule has 0 spiro atoms. The quantitative estimate of drug-likeness (QED) is 0.458. The lowest BCUT2D eigenvalue weighted by molar-refractivity contribution is -0.118. The van der Waals surface area contributed by atoms with Crippen LogP contribution >= 0.6 is 0 Å². The van der Waals surface area contributed by atoms with E-state index in [0.717, 1.165) is 13.0 Å². The molecule has 0 radical (unpaired) electrons. The second kappa shape index (κ2) is 15.0.